The first-order chi connectivity index (χ1) is 8.25. The van der Waals surface area contributed by atoms with E-state index in [2.05, 4.69) is 10.3 Å². The van der Waals surface area contributed by atoms with Crippen LogP contribution in [0.4, 0.5) is 0 Å². The van der Waals surface area contributed by atoms with Gasteiger partial charge in [0.05, 0.1) is 6.33 Å². The number of nitrogens with one attached hydrogen (secondary N) is 1. The van der Waals surface area contributed by atoms with E-state index in [9.17, 15) is 4.79 Å². The zero-order chi connectivity index (χ0) is 12.1. The van der Waals surface area contributed by atoms with E-state index in [0.717, 1.165) is 25.8 Å². The average Bonchev–Trinajstić information content (AvgIpc) is 2.92. The summed E-state index contributed by atoms with van der Waals surface area (Å²) in [6, 6.07) is 0.217. The summed E-state index contributed by atoms with van der Waals surface area (Å²) in [5.41, 5.74) is 5.94. The molecule has 2 rings (SSSR count). The number of aromatic nitrogens is 2. The summed E-state index contributed by atoms with van der Waals surface area (Å²) in [5, 5.41) is 2.93. The third-order valence-corrected chi connectivity index (χ3v) is 3.42. The van der Waals surface area contributed by atoms with Crippen molar-refractivity contribution in [1.82, 2.24) is 14.9 Å². The Morgan fingerprint density at radius 3 is 3.06 bits per heavy atom. The van der Waals surface area contributed by atoms with Crippen LogP contribution in [-0.4, -0.2) is 28.0 Å². The van der Waals surface area contributed by atoms with Gasteiger partial charge in [-0.2, -0.15) is 0 Å². The zero-order valence-corrected chi connectivity index (χ0v) is 10.0. The Balaban J connectivity index is 1.64. The molecule has 17 heavy (non-hydrogen) atoms. The van der Waals surface area contributed by atoms with Gasteiger partial charge in [-0.15, -0.1) is 0 Å². The molecule has 1 aromatic rings. The smallest absolute Gasteiger partial charge is 0.220 e. The van der Waals surface area contributed by atoms with Crippen LogP contribution in [0.2, 0.25) is 0 Å². The molecule has 1 amide bonds. The summed E-state index contributed by atoms with van der Waals surface area (Å²) in [4.78, 5) is 15.6. The maximum absolute atomic E-state index is 11.7. The van der Waals surface area contributed by atoms with Crippen LogP contribution >= 0.6 is 0 Å². The van der Waals surface area contributed by atoms with E-state index < -0.39 is 0 Å². The highest BCUT2D eigenvalue weighted by molar-refractivity contribution is 5.76. The molecule has 0 bridgehead atoms. The molecule has 1 heterocycles. The summed E-state index contributed by atoms with van der Waals surface area (Å²) in [6.07, 6.45) is 9.26. The molecule has 1 aromatic heterocycles. The van der Waals surface area contributed by atoms with E-state index in [0.29, 0.717) is 18.9 Å². The van der Waals surface area contributed by atoms with Gasteiger partial charge in [-0.1, -0.05) is 6.42 Å². The van der Waals surface area contributed by atoms with E-state index >= 15 is 0 Å². The van der Waals surface area contributed by atoms with Gasteiger partial charge in [-0.3, -0.25) is 4.79 Å². The molecule has 0 saturated heterocycles. The van der Waals surface area contributed by atoms with Gasteiger partial charge in [-0.25, -0.2) is 4.98 Å². The van der Waals surface area contributed by atoms with Crippen LogP contribution in [0, 0.1) is 5.92 Å². The normalized spacial score (nSPS) is 23.8. The number of hydrogen-bond acceptors (Lipinski definition) is 3. The first-order valence-corrected chi connectivity index (χ1v) is 6.23. The van der Waals surface area contributed by atoms with Gasteiger partial charge in [-0.05, 0) is 18.8 Å². The number of carbonyl (C=O) groups excluding carboxylic acids is 1. The van der Waals surface area contributed by atoms with Crippen LogP contribution in [0.3, 0.4) is 0 Å². The molecule has 1 saturated carbocycles. The fraction of sp³-hybridized carbons (Fsp3) is 0.667. The van der Waals surface area contributed by atoms with Crippen molar-refractivity contribution in [3.63, 3.8) is 0 Å². The van der Waals surface area contributed by atoms with Gasteiger partial charge in [0.15, 0.2) is 0 Å². The molecule has 2 atom stereocenters. The minimum absolute atomic E-state index is 0.118. The van der Waals surface area contributed by atoms with Crippen molar-refractivity contribution in [3.05, 3.63) is 18.7 Å². The molecule has 0 unspecified atom stereocenters. The summed E-state index contributed by atoms with van der Waals surface area (Å²) < 4.78 is 1.95. The Bertz CT molecular complexity index is 349. The molecule has 0 radical (unpaired) electrons. The molecular weight excluding hydrogens is 216 g/mol. The van der Waals surface area contributed by atoms with Crippen molar-refractivity contribution in [1.29, 1.82) is 0 Å². The van der Waals surface area contributed by atoms with Gasteiger partial charge >= 0.3 is 0 Å². The van der Waals surface area contributed by atoms with E-state index in [1.807, 2.05) is 10.8 Å². The molecule has 0 aromatic carbocycles. The molecule has 0 aliphatic heterocycles. The zero-order valence-electron chi connectivity index (χ0n) is 10.0. The highest BCUT2D eigenvalue weighted by atomic mass is 16.1. The number of nitrogens with two attached hydrogens (primary N) is 1. The number of rotatable bonds is 5. The third kappa shape index (κ3) is 3.56. The van der Waals surface area contributed by atoms with Crippen molar-refractivity contribution >= 4 is 5.91 Å². The molecule has 94 valence electrons. The lowest BCUT2D eigenvalue weighted by Crippen LogP contribution is -2.33. The lowest BCUT2D eigenvalue weighted by atomic mass is 10.00. The van der Waals surface area contributed by atoms with E-state index in [4.69, 9.17) is 5.73 Å². The Morgan fingerprint density at radius 2 is 2.41 bits per heavy atom. The minimum Gasteiger partial charge on any atom is -0.354 e. The number of nitrogens with zero attached hydrogens (tertiary/aromatic N) is 2. The molecule has 1 fully saturated rings. The van der Waals surface area contributed by atoms with Crippen LogP contribution in [0.1, 0.15) is 25.7 Å². The van der Waals surface area contributed by atoms with Crippen molar-refractivity contribution in [3.8, 4) is 0 Å². The molecule has 1 aliphatic rings. The van der Waals surface area contributed by atoms with Crippen LogP contribution < -0.4 is 11.1 Å². The first kappa shape index (κ1) is 12.1. The monoisotopic (exact) mass is 236 g/mol. The van der Waals surface area contributed by atoms with Crippen LogP contribution in [0.15, 0.2) is 18.7 Å². The average molecular weight is 236 g/mol. The second-order valence-corrected chi connectivity index (χ2v) is 4.71. The summed E-state index contributed by atoms with van der Waals surface area (Å²) >= 11 is 0. The summed E-state index contributed by atoms with van der Waals surface area (Å²) in [6.45, 7) is 1.42. The standard InChI is InChI=1S/C12H20N4O/c13-11-3-1-2-10(11)8-12(17)15-5-7-16-6-4-14-9-16/h4,6,9-11H,1-3,5,7-8,13H2,(H,15,17)/t10-,11+/m0/s1. The maximum Gasteiger partial charge on any atom is 0.220 e. The van der Waals surface area contributed by atoms with E-state index in [1.165, 1.54) is 0 Å². The van der Waals surface area contributed by atoms with E-state index in [-0.39, 0.29) is 11.9 Å². The number of imidazole rings is 1. The Morgan fingerprint density at radius 1 is 1.53 bits per heavy atom. The highest BCUT2D eigenvalue weighted by Crippen LogP contribution is 2.26. The van der Waals surface area contributed by atoms with Crippen molar-refractivity contribution < 1.29 is 4.79 Å². The topological polar surface area (TPSA) is 72.9 Å². The lowest BCUT2D eigenvalue weighted by molar-refractivity contribution is -0.122. The van der Waals surface area contributed by atoms with Gasteiger partial charge in [0, 0.05) is 37.9 Å². The number of amides is 1. The Labute approximate surface area is 101 Å². The van der Waals surface area contributed by atoms with Gasteiger partial charge in [0.2, 0.25) is 5.91 Å². The highest BCUT2D eigenvalue weighted by Gasteiger charge is 2.25. The third-order valence-electron chi connectivity index (χ3n) is 3.42. The van der Waals surface area contributed by atoms with Crippen molar-refractivity contribution in [2.75, 3.05) is 6.54 Å². The van der Waals surface area contributed by atoms with Crippen molar-refractivity contribution in [2.24, 2.45) is 11.7 Å². The fourth-order valence-electron chi connectivity index (χ4n) is 2.37. The molecule has 3 N–H and O–H groups in total. The summed E-state index contributed by atoms with van der Waals surface area (Å²) in [5.74, 6) is 0.496. The van der Waals surface area contributed by atoms with Crippen LogP contribution in [0.5, 0.6) is 0 Å². The SMILES string of the molecule is N[C@@H]1CCC[C@H]1CC(=O)NCCn1ccnc1. The minimum atomic E-state index is 0.118. The summed E-state index contributed by atoms with van der Waals surface area (Å²) in [7, 11) is 0. The largest absolute Gasteiger partial charge is 0.354 e. The second kappa shape index (κ2) is 5.82. The lowest BCUT2D eigenvalue weighted by Gasteiger charge is -2.14. The number of hydrogen-bond donors (Lipinski definition) is 2. The van der Waals surface area contributed by atoms with Crippen molar-refractivity contribution in [2.45, 2.75) is 38.3 Å². The predicted octanol–water partition coefficient (Wildman–Crippen LogP) is 0.517. The fourth-order valence-corrected chi connectivity index (χ4v) is 2.37. The molecule has 1 aliphatic carbocycles. The molecular formula is C12H20N4O. The predicted molar refractivity (Wildman–Crippen MR) is 65.2 cm³/mol. The van der Waals surface area contributed by atoms with Crippen LogP contribution in [-0.2, 0) is 11.3 Å². The molecule has 5 nitrogen and oxygen atoms in total. The second-order valence-electron chi connectivity index (χ2n) is 4.71. The van der Waals surface area contributed by atoms with Gasteiger partial charge in [0.25, 0.3) is 0 Å². The Hall–Kier alpha value is -1.36. The van der Waals surface area contributed by atoms with Gasteiger partial charge in [0.1, 0.15) is 0 Å². The number of carbonyl (C=O) groups is 1. The van der Waals surface area contributed by atoms with E-state index in [1.54, 1.807) is 12.5 Å². The Kier molecular flexibility index (Phi) is 4.14. The first-order valence-electron chi connectivity index (χ1n) is 6.23. The maximum atomic E-state index is 11.7. The quantitative estimate of drug-likeness (QED) is 0.782. The van der Waals surface area contributed by atoms with Gasteiger partial charge < -0.3 is 15.6 Å². The van der Waals surface area contributed by atoms with Crippen LogP contribution in [0.25, 0.3) is 0 Å². The molecule has 5 heteroatoms. The molecule has 0 spiro atoms.